The van der Waals surface area contributed by atoms with E-state index in [-0.39, 0.29) is 15.5 Å². The van der Waals surface area contributed by atoms with Crippen LogP contribution in [0.4, 0.5) is 5.69 Å². The third-order valence-electron chi connectivity index (χ3n) is 3.63. The average Bonchev–Trinajstić information content (AvgIpc) is 3.25. The zero-order valence-corrected chi connectivity index (χ0v) is 17.3. The van der Waals surface area contributed by atoms with Gasteiger partial charge in [-0.15, -0.1) is 11.3 Å². The van der Waals surface area contributed by atoms with Gasteiger partial charge in [-0.3, -0.25) is 9.52 Å². The number of allylic oxidation sites excluding steroid dienone is 1. The van der Waals surface area contributed by atoms with Crippen molar-refractivity contribution in [3.05, 3.63) is 88.3 Å². The molecule has 0 saturated heterocycles. The Balaban J connectivity index is 1.71. The van der Waals surface area contributed by atoms with Crippen LogP contribution in [0.2, 0.25) is 0 Å². The lowest BCUT2D eigenvalue weighted by Crippen LogP contribution is -2.21. The molecule has 0 fully saturated rings. The highest BCUT2D eigenvalue weighted by atomic mass is 35.5. The van der Waals surface area contributed by atoms with Crippen molar-refractivity contribution < 1.29 is 13.2 Å². The number of carbonyl (C=O) groups is 1. The Morgan fingerprint density at radius 1 is 1.00 bits per heavy atom. The van der Waals surface area contributed by atoms with Crippen LogP contribution < -0.4 is 10.1 Å². The van der Waals surface area contributed by atoms with E-state index in [4.69, 9.17) is 11.6 Å². The zero-order valence-electron chi connectivity index (χ0n) is 14.9. The Bertz CT molecular complexity index is 1140. The number of thiophene rings is 1. The summed E-state index contributed by atoms with van der Waals surface area (Å²) in [6, 6.07) is 18.8. The lowest BCUT2D eigenvalue weighted by atomic mass is 10.2. The molecule has 1 aromatic heterocycles. The number of sulfonamides is 1. The molecule has 6 nitrogen and oxygen atoms in total. The molecule has 0 unspecified atom stereocenters. The van der Waals surface area contributed by atoms with E-state index in [1.54, 1.807) is 29.7 Å². The third-order valence-corrected chi connectivity index (χ3v) is 6.60. The number of benzene rings is 2. The molecule has 0 aliphatic heterocycles. The molecule has 148 valence electrons. The predicted octanol–water partition coefficient (Wildman–Crippen LogP) is 4.54. The number of amides is 1. The molecular formula is C20H16ClN3O3S2. The van der Waals surface area contributed by atoms with Gasteiger partial charge in [-0.25, -0.2) is 13.8 Å². The summed E-state index contributed by atoms with van der Waals surface area (Å²) in [4.78, 5) is 12.5. The van der Waals surface area contributed by atoms with Crippen molar-refractivity contribution in [2.45, 2.75) is 4.21 Å². The third kappa shape index (κ3) is 5.77. The minimum absolute atomic E-state index is 0.132. The summed E-state index contributed by atoms with van der Waals surface area (Å²) < 4.78 is 27.4. The van der Waals surface area contributed by atoms with E-state index in [1.165, 1.54) is 24.4 Å². The molecule has 0 atom stereocenters. The Morgan fingerprint density at radius 2 is 1.72 bits per heavy atom. The molecule has 3 aromatic rings. The van der Waals surface area contributed by atoms with Gasteiger partial charge in [0.25, 0.3) is 15.9 Å². The van der Waals surface area contributed by atoms with Crippen molar-refractivity contribution >= 4 is 56.8 Å². The molecule has 2 aromatic carbocycles. The fourth-order valence-electron chi connectivity index (χ4n) is 2.34. The van der Waals surface area contributed by atoms with Gasteiger partial charge in [-0.05, 0) is 35.2 Å². The second kappa shape index (κ2) is 9.51. The molecule has 0 radical (unpaired) electrons. The standard InChI is InChI=1S/C20H16ClN3O3S2/c21-16(13-15-7-2-1-3-8-15)14-22-23-20(25)17-9-4-5-10-18(17)24-29(26,27)19-11-6-12-28-19/h1-14,24H,(H,23,25). The van der Waals surface area contributed by atoms with Crippen LogP contribution in [0.25, 0.3) is 6.08 Å². The fourth-order valence-corrected chi connectivity index (χ4v) is 4.59. The van der Waals surface area contributed by atoms with Crippen molar-refractivity contribution in [3.63, 3.8) is 0 Å². The molecular weight excluding hydrogens is 430 g/mol. The van der Waals surface area contributed by atoms with Crippen LogP contribution in [0, 0.1) is 0 Å². The van der Waals surface area contributed by atoms with E-state index < -0.39 is 15.9 Å². The van der Waals surface area contributed by atoms with Gasteiger partial charge in [0.15, 0.2) is 0 Å². The summed E-state index contributed by atoms with van der Waals surface area (Å²) in [6.45, 7) is 0. The van der Waals surface area contributed by atoms with E-state index in [0.29, 0.717) is 5.03 Å². The Morgan fingerprint density at radius 3 is 2.45 bits per heavy atom. The first-order chi connectivity index (χ1) is 14.0. The van der Waals surface area contributed by atoms with Crippen LogP contribution in [0.3, 0.4) is 0 Å². The first-order valence-electron chi connectivity index (χ1n) is 8.37. The lowest BCUT2D eigenvalue weighted by Gasteiger charge is -2.10. The molecule has 0 aliphatic carbocycles. The summed E-state index contributed by atoms with van der Waals surface area (Å²) in [5, 5.41) is 5.81. The second-order valence-electron chi connectivity index (χ2n) is 5.72. The van der Waals surface area contributed by atoms with Crippen LogP contribution in [-0.4, -0.2) is 20.5 Å². The van der Waals surface area contributed by atoms with Gasteiger partial charge < -0.3 is 0 Å². The van der Waals surface area contributed by atoms with Gasteiger partial charge in [-0.1, -0.05) is 60.1 Å². The monoisotopic (exact) mass is 445 g/mol. The number of halogens is 1. The number of rotatable bonds is 7. The smallest absolute Gasteiger partial charge is 0.273 e. The average molecular weight is 446 g/mol. The number of para-hydroxylation sites is 1. The molecule has 3 rings (SSSR count). The van der Waals surface area contributed by atoms with Gasteiger partial charge in [0.1, 0.15) is 4.21 Å². The lowest BCUT2D eigenvalue weighted by molar-refractivity contribution is 0.0956. The summed E-state index contributed by atoms with van der Waals surface area (Å²) >= 11 is 7.18. The Labute approximate surface area is 177 Å². The van der Waals surface area contributed by atoms with Crippen LogP contribution in [0.15, 0.2) is 86.5 Å². The molecule has 0 saturated carbocycles. The van der Waals surface area contributed by atoms with E-state index >= 15 is 0 Å². The Hall–Kier alpha value is -2.94. The van der Waals surface area contributed by atoms with Gasteiger partial charge in [-0.2, -0.15) is 5.10 Å². The maximum atomic E-state index is 12.5. The van der Waals surface area contributed by atoms with Gasteiger partial charge >= 0.3 is 0 Å². The largest absolute Gasteiger partial charge is 0.278 e. The number of nitrogens with zero attached hydrogens (tertiary/aromatic N) is 1. The maximum Gasteiger partial charge on any atom is 0.273 e. The number of hydrazone groups is 1. The van der Waals surface area contributed by atoms with Crippen molar-refractivity contribution in [3.8, 4) is 0 Å². The molecule has 2 N–H and O–H groups in total. The van der Waals surface area contributed by atoms with Crippen molar-refractivity contribution in [1.29, 1.82) is 0 Å². The second-order valence-corrected chi connectivity index (χ2v) is 9.02. The van der Waals surface area contributed by atoms with Crippen LogP contribution >= 0.6 is 22.9 Å². The quantitative estimate of drug-likeness (QED) is 0.413. The molecule has 29 heavy (non-hydrogen) atoms. The van der Waals surface area contributed by atoms with E-state index in [1.807, 2.05) is 30.3 Å². The van der Waals surface area contributed by atoms with Gasteiger partial charge in [0.2, 0.25) is 0 Å². The molecule has 0 spiro atoms. The molecule has 1 amide bonds. The zero-order chi connectivity index (χ0) is 20.7. The number of hydrogen-bond acceptors (Lipinski definition) is 5. The van der Waals surface area contributed by atoms with Crippen LogP contribution in [0.5, 0.6) is 0 Å². The van der Waals surface area contributed by atoms with E-state index in [2.05, 4.69) is 15.2 Å². The molecule has 9 heteroatoms. The predicted molar refractivity (Wildman–Crippen MR) is 118 cm³/mol. The highest BCUT2D eigenvalue weighted by molar-refractivity contribution is 7.94. The minimum atomic E-state index is -3.77. The van der Waals surface area contributed by atoms with Crippen molar-refractivity contribution in [2.24, 2.45) is 5.10 Å². The van der Waals surface area contributed by atoms with Crippen molar-refractivity contribution in [2.75, 3.05) is 4.72 Å². The van der Waals surface area contributed by atoms with Crippen molar-refractivity contribution in [1.82, 2.24) is 5.43 Å². The molecule has 0 bridgehead atoms. The summed E-state index contributed by atoms with van der Waals surface area (Å²) in [7, 11) is -3.77. The summed E-state index contributed by atoms with van der Waals surface area (Å²) in [6.07, 6.45) is 2.99. The summed E-state index contributed by atoms with van der Waals surface area (Å²) in [5.41, 5.74) is 3.53. The van der Waals surface area contributed by atoms with E-state index in [9.17, 15) is 13.2 Å². The van der Waals surface area contributed by atoms with Gasteiger partial charge in [0, 0.05) is 0 Å². The maximum absolute atomic E-state index is 12.5. The SMILES string of the molecule is O=C(NN=CC(Cl)=Cc1ccccc1)c1ccccc1NS(=O)(=O)c1cccs1. The molecule has 0 aliphatic rings. The number of nitrogens with one attached hydrogen (secondary N) is 2. The topological polar surface area (TPSA) is 87.6 Å². The van der Waals surface area contributed by atoms with Crippen LogP contribution in [0.1, 0.15) is 15.9 Å². The van der Waals surface area contributed by atoms with Gasteiger partial charge in [0.05, 0.1) is 22.5 Å². The fraction of sp³-hybridized carbons (Fsp3) is 0. The normalized spacial score (nSPS) is 12.1. The first kappa shape index (κ1) is 20.8. The Kier molecular flexibility index (Phi) is 6.82. The first-order valence-corrected chi connectivity index (χ1v) is 11.1. The number of anilines is 1. The highest BCUT2D eigenvalue weighted by Crippen LogP contribution is 2.22. The minimum Gasteiger partial charge on any atom is -0.278 e. The number of hydrogen-bond donors (Lipinski definition) is 2. The number of carbonyl (C=O) groups excluding carboxylic acids is 1. The van der Waals surface area contributed by atoms with E-state index in [0.717, 1.165) is 16.9 Å². The highest BCUT2D eigenvalue weighted by Gasteiger charge is 2.19. The summed E-state index contributed by atoms with van der Waals surface area (Å²) in [5.74, 6) is -0.574. The molecule has 1 heterocycles. The van der Waals surface area contributed by atoms with Crippen LogP contribution in [-0.2, 0) is 10.0 Å².